The number of hydrogen-bond donors (Lipinski definition) is 0. The van der Waals surface area contributed by atoms with Gasteiger partial charge in [0.1, 0.15) is 5.82 Å². The molecule has 1 atom stereocenters. The van der Waals surface area contributed by atoms with E-state index in [2.05, 4.69) is 9.55 Å². The smallest absolute Gasteiger partial charge is 0.158 e. The van der Waals surface area contributed by atoms with Crippen LogP contribution in [0.2, 0.25) is 0 Å². The summed E-state index contributed by atoms with van der Waals surface area (Å²) in [6, 6.07) is 0.0978. The minimum Gasteiger partial charge on any atom is -0.324 e. The Bertz CT molecular complexity index is 390. The number of hydrogen-bond acceptors (Lipinski definition) is 2. The van der Waals surface area contributed by atoms with E-state index in [1.54, 1.807) is 0 Å². The first kappa shape index (κ1) is 10.1. The number of Topliss-reactive ketones (excluding diaryl/α,β-unsaturated/α-hetero) is 1. The van der Waals surface area contributed by atoms with E-state index in [1.807, 2.05) is 12.4 Å². The van der Waals surface area contributed by atoms with Crippen molar-refractivity contribution in [3.63, 3.8) is 0 Å². The van der Waals surface area contributed by atoms with Crippen molar-refractivity contribution in [2.45, 2.75) is 51.0 Å². The fourth-order valence-corrected chi connectivity index (χ4v) is 3.16. The molecule has 1 aromatic heterocycles. The van der Waals surface area contributed by atoms with E-state index < -0.39 is 0 Å². The Kier molecular flexibility index (Phi) is 2.54. The highest BCUT2D eigenvalue weighted by molar-refractivity contribution is 5.85. The highest BCUT2D eigenvalue weighted by atomic mass is 16.1. The van der Waals surface area contributed by atoms with Crippen LogP contribution in [0.3, 0.4) is 0 Å². The van der Waals surface area contributed by atoms with Crippen molar-refractivity contribution < 1.29 is 4.79 Å². The minimum atomic E-state index is 0.0978. The first-order chi connectivity index (χ1) is 7.86. The molecule has 0 spiro atoms. The van der Waals surface area contributed by atoms with Gasteiger partial charge in [-0.25, -0.2) is 4.98 Å². The molecule has 1 fully saturated rings. The summed E-state index contributed by atoms with van der Waals surface area (Å²) in [4.78, 5) is 16.7. The van der Waals surface area contributed by atoms with E-state index >= 15 is 0 Å². The molecule has 2 aliphatic rings. The second kappa shape index (κ2) is 4.04. The molecule has 1 aromatic rings. The van der Waals surface area contributed by atoms with Gasteiger partial charge in [-0.2, -0.15) is 0 Å². The Morgan fingerprint density at radius 2 is 2.06 bits per heavy atom. The quantitative estimate of drug-likeness (QED) is 0.764. The zero-order valence-corrected chi connectivity index (χ0v) is 9.56. The topological polar surface area (TPSA) is 34.9 Å². The zero-order valence-electron chi connectivity index (χ0n) is 9.56. The number of ketones is 1. The average Bonchev–Trinajstić information content (AvgIpc) is 2.91. The van der Waals surface area contributed by atoms with Gasteiger partial charge in [0.2, 0.25) is 0 Å². The third kappa shape index (κ3) is 1.58. The molecule has 16 heavy (non-hydrogen) atoms. The fraction of sp³-hybridized carbons (Fsp3) is 0.692. The maximum absolute atomic E-state index is 12.4. The van der Waals surface area contributed by atoms with Crippen LogP contribution in [0.15, 0.2) is 12.4 Å². The Hall–Kier alpha value is -1.12. The summed E-state index contributed by atoms with van der Waals surface area (Å²) >= 11 is 0. The molecule has 0 amide bonds. The molecule has 2 heterocycles. The van der Waals surface area contributed by atoms with Gasteiger partial charge in [-0.3, -0.25) is 4.79 Å². The zero-order chi connectivity index (χ0) is 11.0. The van der Waals surface area contributed by atoms with Crippen molar-refractivity contribution in [1.82, 2.24) is 9.55 Å². The lowest BCUT2D eigenvalue weighted by atomic mass is 9.83. The van der Waals surface area contributed by atoms with Crippen molar-refractivity contribution >= 4 is 5.78 Å². The number of carbonyl (C=O) groups excluding carboxylic acids is 1. The molecule has 3 rings (SSSR count). The van der Waals surface area contributed by atoms with E-state index in [1.165, 1.54) is 19.3 Å². The molecule has 0 N–H and O–H groups in total. The molecule has 3 heteroatoms. The first-order valence-electron chi connectivity index (χ1n) is 6.41. The Balaban J connectivity index is 1.76. The third-order valence-corrected chi connectivity index (χ3v) is 4.06. The van der Waals surface area contributed by atoms with Crippen LogP contribution in [0, 0.1) is 5.92 Å². The van der Waals surface area contributed by atoms with Crippen molar-refractivity contribution in [2.75, 3.05) is 0 Å². The van der Waals surface area contributed by atoms with Gasteiger partial charge >= 0.3 is 0 Å². The van der Waals surface area contributed by atoms with Crippen molar-refractivity contribution in [2.24, 2.45) is 5.92 Å². The highest BCUT2D eigenvalue weighted by Crippen LogP contribution is 2.33. The van der Waals surface area contributed by atoms with Crippen LogP contribution >= 0.6 is 0 Å². The lowest BCUT2D eigenvalue weighted by Crippen LogP contribution is -2.25. The number of imidazole rings is 1. The molecular formula is C13H18N2O. The molecule has 86 valence electrons. The lowest BCUT2D eigenvalue weighted by Gasteiger charge is -2.23. The molecule has 0 radical (unpaired) electrons. The lowest BCUT2D eigenvalue weighted by molar-refractivity contribution is -0.126. The van der Waals surface area contributed by atoms with Crippen LogP contribution < -0.4 is 0 Å². The largest absolute Gasteiger partial charge is 0.324 e. The molecule has 1 aliphatic carbocycles. The number of fused-ring (bicyclic) bond motifs is 1. The van der Waals surface area contributed by atoms with Gasteiger partial charge in [0.05, 0.1) is 6.04 Å². The maximum atomic E-state index is 12.4. The monoisotopic (exact) mass is 218 g/mol. The second-order valence-corrected chi connectivity index (χ2v) is 5.04. The molecule has 1 unspecified atom stereocenters. The highest BCUT2D eigenvalue weighted by Gasteiger charge is 2.33. The Morgan fingerprint density at radius 1 is 1.25 bits per heavy atom. The van der Waals surface area contributed by atoms with E-state index in [-0.39, 0.29) is 6.04 Å². The molecule has 3 nitrogen and oxygen atoms in total. The summed E-state index contributed by atoms with van der Waals surface area (Å²) in [6.07, 6.45) is 11.7. The summed E-state index contributed by atoms with van der Waals surface area (Å²) in [5.41, 5.74) is 0. The molecule has 0 aromatic carbocycles. The predicted octanol–water partition coefficient (Wildman–Crippen LogP) is 2.52. The van der Waals surface area contributed by atoms with E-state index in [9.17, 15) is 4.79 Å². The van der Waals surface area contributed by atoms with E-state index in [4.69, 9.17) is 0 Å². The van der Waals surface area contributed by atoms with Crippen LogP contribution in [0.5, 0.6) is 0 Å². The van der Waals surface area contributed by atoms with Crippen LogP contribution in [-0.4, -0.2) is 15.3 Å². The van der Waals surface area contributed by atoms with Gasteiger partial charge < -0.3 is 4.57 Å². The Labute approximate surface area is 95.9 Å². The van der Waals surface area contributed by atoms with Crippen LogP contribution in [-0.2, 0) is 11.2 Å². The fourth-order valence-electron chi connectivity index (χ4n) is 3.16. The first-order valence-corrected chi connectivity index (χ1v) is 6.41. The summed E-state index contributed by atoms with van der Waals surface area (Å²) in [5.74, 6) is 1.89. The van der Waals surface area contributed by atoms with E-state index in [0.717, 1.165) is 31.5 Å². The molecular weight excluding hydrogens is 200 g/mol. The molecule has 1 saturated carbocycles. The van der Waals surface area contributed by atoms with Crippen LogP contribution in [0.4, 0.5) is 0 Å². The van der Waals surface area contributed by atoms with Crippen molar-refractivity contribution in [1.29, 1.82) is 0 Å². The third-order valence-electron chi connectivity index (χ3n) is 4.06. The summed E-state index contributed by atoms with van der Waals surface area (Å²) in [7, 11) is 0. The Morgan fingerprint density at radius 3 is 2.88 bits per heavy atom. The van der Waals surface area contributed by atoms with Gasteiger partial charge in [0, 0.05) is 24.7 Å². The number of aromatic nitrogens is 2. The van der Waals surface area contributed by atoms with E-state index in [0.29, 0.717) is 11.7 Å². The summed E-state index contributed by atoms with van der Waals surface area (Å²) in [5, 5.41) is 0. The number of carbonyl (C=O) groups is 1. The summed E-state index contributed by atoms with van der Waals surface area (Å²) < 4.78 is 2.09. The summed E-state index contributed by atoms with van der Waals surface area (Å²) in [6.45, 7) is 0. The number of aryl methyl sites for hydroxylation is 1. The predicted molar refractivity (Wildman–Crippen MR) is 61.2 cm³/mol. The normalized spacial score (nSPS) is 25.6. The molecule has 1 aliphatic heterocycles. The van der Waals surface area contributed by atoms with Crippen molar-refractivity contribution in [3.05, 3.63) is 18.2 Å². The molecule has 0 bridgehead atoms. The van der Waals surface area contributed by atoms with Crippen LogP contribution in [0.1, 0.15) is 50.4 Å². The number of rotatable bonds is 2. The minimum absolute atomic E-state index is 0.0978. The van der Waals surface area contributed by atoms with Gasteiger partial charge in [-0.1, -0.05) is 19.3 Å². The van der Waals surface area contributed by atoms with Gasteiger partial charge in [0.15, 0.2) is 5.78 Å². The van der Waals surface area contributed by atoms with Gasteiger partial charge in [0.25, 0.3) is 0 Å². The average molecular weight is 218 g/mol. The van der Waals surface area contributed by atoms with Crippen molar-refractivity contribution in [3.8, 4) is 0 Å². The van der Waals surface area contributed by atoms with Gasteiger partial charge in [-0.15, -0.1) is 0 Å². The number of nitrogens with zero attached hydrogens (tertiary/aromatic N) is 2. The SMILES string of the molecule is O=C(C1CCCCC1)C1CCc2nccn21. The second-order valence-electron chi connectivity index (χ2n) is 5.04. The van der Waals surface area contributed by atoms with Gasteiger partial charge in [-0.05, 0) is 19.3 Å². The standard InChI is InChI=1S/C13H18N2O/c16-13(10-4-2-1-3-5-10)11-6-7-12-14-8-9-15(11)12/h8-11H,1-7H2. The maximum Gasteiger partial charge on any atom is 0.158 e. The molecule has 0 saturated heterocycles. The van der Waals surface area contributed by atoms with Crippen LogP contribution in [0.25, 0.3) is 0 Å².